The van der Waals surface area contributed by atoms with Crippen molar-refractivity contribution in [2.45, 2.75) is 11.8 Å². The van der Waals surface area contributed by atoms with Crippen molar-refractivity contribution in [3.05, 3.63) is 18.2 Å². The summed E-state index contributed by atoms with van der Waals surface area (Å²) >= 11 is 1.78. The number of nitrogen functional groups attached to an aromatic ring is 1. The Morgan fingerprint density at radius 1 is 1.38 bits per heavy atom. The molecule has 72 valence electrons. The topological polar surface area (TPSA) is 29.3 Å². The maximum Gasteiger partial charge on any atom is 0.0689 e. The lowest BCUT2D eigenvalue weighted by Crippen LogP contribution is -2.11. The minimum absolute atomic E-state index is 0.888. The molecule has 0 aliphatic heterocycles. The van der Waals surface area contributed by atoms with Crippen molar-refractivity contribution in [2.75, 3.05) is 30.5 Å². The van der Waals surface area contributed by atoms with Crippen LogP contribution in [0.5, 0.6) is 0 Å². The van der Waals surface area contributed by atoms with Gasteiger partial charge in [0.25, 0.3) is 0 Å². The van der Waals surface area contributed by atoms with E-state index < -0.39 is 0 Å². The van der Waals surface area contributed by atoms with E-state index in [1.807, 2.05) is 31.1 Å². The van der Waals surface area contributed by atoms with Crippen molar-refractivity contribution < 1.29 is 0 Å². The first kappa shape index (κ1) is 10.3. The molecule has 1 rings (SSSR count). The van der Waals surface area contributed by atoms with Crippen LogP contribution in [-0.4, -0.2) is 19.8 Å². The minimum atomic E-state index is 0.888. The first-order chi connectivity index (χ1) is 6.16. The zero-order valence-electron chi connectivity index (χ0n) is 8.37. The molecule has 0 spiro atoms. The molecular formula is C10H16N2S. The molecule has 0 saturated carbocycles. The lowest BCUT2D eigenvalue weighted by atomic mass is 10.2. The van der Waals surface area contributed by atoms with Crippen LogP contribution in [0.1, 0.15) is 6.92 Å². The molecule has 0 aliphatic carbocycles. The van der Waals surface area contributed by atoms with Gasteiger partial charge in [-0.3, -0.25) is 0 Å². The fourth-order valence-corrected chi connectivity index (χ4v) is 1.95. The third kappa shape index (κ3) is 2.31. The van der Waals surface area contributed by atoms with Gasteiger partial charge in [-0.15, -0.1) is 11.8 Å². The molecule has 0 atom stereocenters. The van der Waals surface area contributed by atoms with E-state index in [0.29, 0.717) is 0 Å². The number of rotatable bonds is 3. The summed E-state index contributed by atoms with van der Waals surface area (Å²) in [6.07, 6.45) is 0. The molecule has 0 fully saturated rings. The maximum atomic E-state index is 6.01. The molecule has 3 heteroatoms. The summed E-state index contributed by atoms with van der Waals surface area (Å²) in [7, 11) is 4.01. The zero-order valence-corrected chi connectivity index (χ0v) is 9.19. The SMILES string of the molecule is CCSc1cccc(N(C)C)c1N. The van der Waals surface area contributed by atoms with Crippen molar-refractivity contribution in [3.8, 4) is 0 Å². The fraction of sp³-hybridized carbons (Fsp3) is 0.400. The molecule has 1 aromatic rings. The number of anilines is 2. The minimum Gasteiger partial charge on any atom is -0.396 e. The summed E-state index contributed by atoms with van der Waals surface area (Å²) < 4.78 is 0. The molecule has 0 aromatic heterocycles. The highest BCUT2D eigenvalue weighted by Crippen LogP contribution is 2.31. The largest absolute Gasteiger partial charge is 0.396 e. The van der Waals surface area contributed by atoms with E-state index in [-0.39, 0.29) is 0 Å². The van der Waals surface area contributed by atoms with Crippen LogP contribution in [0.4, 0.5) is 11.4 Å². The summed E-state index contributed by atoms with van der Waals surface area (Å²) in [4.78, 5) is 3.21. The Bertz CT molecular complexity index is 284. The summed E-state index contributed by atoms with van der Waals surface area (Å²) in [5.41, 5.74) is 7.99. The van der Waals surface area contributed by atoms with Gasteiger partial charge in [0.1, 0.15) is 0 Å². The van der Waals surface area contributed by atoms with Gasteiger partial charge in [-0.1, -0.05) is 13.0 Å². The Morgan fingerprint density at radius 3 is 2.62 bits per heavy atom. The summed E-state index contributed by atoms with van der Waals surface area (Å²) in [5, 5.41) is 0. The van der Waals surface area contributed by atoms with Crippen LogP contribution in [0.25, 0.3) is 0 Å². The molecule has 2 nitrogen and oxygen atoms in total. The number of para-hydroxylation sites is 1. The van der Waals surface area contributed by atoms with E-state index in [2.05, 4.69) is 13.0 Å². The lowest BCUT2D eigenvalue weighted by Gasteiger charge is -2.16. The molecule has 0 aliphatic rings. The Morgan fingerprint density at radius 2 is 2.08 bits per heavy atom. The molecule has 0 heterocycles. The van der Waals surface area contributed by atoms with Gasteiger partial charge in [-0.2, -0.15) is 0 Å². The Hall–Kier alpha value is -0.830. The van der Waals surface area contributed by atoms with Crippen LogP contribution < -0.4 is 10.6 Å². The van der Waals surface area contributed by atoms with E-state index in [4.69, 9.17) is 5.73 Å². The van der Waals surface area contributed by atoms with E-state index in [9.17, 15) is 0 Å². The average molecular weight is 196 g/mol. The van der Waals surface area contributed by atoms with Gasteiger partial charge in [-0.25, -0.2) is 0 Å². The molecule has 13 heavy (non-hydrogen) atoms. The first-order valence-electron chi connectivity index (χ1n) is 4.35. The lowest BCUT2D eigenvalue weighted by molar-refractivity contribution is 1.13. The normalized spacial score (nSPS) is 10.1. The summed E-state index contributed by atoms with van der Waals surface area (Å²) in [6, 6.07) is 6.15. The third-order valence-corrected chi connectivity index (χ3v) is 2.78. The highest BCUT2D eigenvalue weighted by atomic mass is 32.2. The van der Waals surface area contributed by atoms with E-state index in [0.717, 1.165) is 17.1 Å². The summed E-state index contributed by atoms with van der Waals surface area (Å²) in [6.45, 7) is 2.13. The number of nitrogens with two attached hydrogens (primary N) is 1. The van der Waals surface area contributed by atoms with Gasteiger partial charge in [0.05, 0.1) is 11.4 Å². The second-order valence-electron chi connectivity index (χ2n) is 3.02. The van der Waals surface area contributed by atoms with Crippen molar-refractivity contribution >= 4 is 23.1 Å². The highest BCUT2D eigenvalue weighted by Gasteiger charge is 2.05. The quantitative estimate of drug-likeness (QED) is 0.595. The third-order valence-electron chi connectivity index (χ3n) is 1.82. The number of hydrogen-bond donors (Lipinski definition) is 1. The van der Waals surface area contributed by atoms with E-state index in [1.54, 1.807) is 11.8 Å². The number of nitrogens with zero attached hydrogens (tertiary/aromatic N) is 1. The second-order valence-corrected chi connectivity index (χ2v) is 4.32. The predicted octanol–water partition coefficient (Wildman–Crippen LogP) is 2.45. The molecule has 1 aromatic carbocycles. The molecule has 0 unspecified atom stereocenters. The van der Waals surface area contributed by atoms with Crippen LogP contribution in [0.2, 0.25) is 0 Å². The van der Waals surface area contributed by atoms with Crippen LogP contribution in [-0.2, 0) is 0 Å². The van der Waals surface area contributed by atoms with Gasteiger partial charge < -0.3 is 10.6 Å². The molecular weight excluding hydrogens is 180 g/mol. The van der Waals surface area contributed by atoms with Crippen molar-refractivity contribution in [1.82, 2.24) is 0 Å². The zero-order chi connectivity index (χ0) is 9.84. The Balaban J connectivity index is 3.03. The van der Waals surface area contributed by atoms with Crippen LogP contribution in [0.3, 0.4) is 0 Å². The highest BCUT2D eigenvalue weighted by molar-refractivity contribution is 7.99. The second kappa shape index (κ2) is 4.42. The van der Waals surface area contributed by atoms with Gasteiger partial charge in [0, 0.05) is 19.0 Å². The van der Waals surface area contributed by atoms with Crippen LogP contribution in [0, 0.1) is 0 Å². The monoisotopic (exact) mass is 196 g/mol. The number of hydrogen-bond acceptors (Lipinski definition) is 3. The maximum absolute atomic E-state index is 6.01. The van der Waals surface area contributed by atoms with Gasteiger partial charge in [0.15, 0.2) is 0 Å². The predicted molar refractivity (Wildman–Crippen MR) is 61.6 cm³/mol. The smallest absolute Gasteiger partial charge is 0.0689 e. The Labute approximate surface area is 84.1 Å². The van der Waals surface area contributed by atoms with Crippen molar-refractivity contribution in [3.63, 3.8) is 0 Å². The van der Waals surface area contributed by atoms with Gasteiger partial charge >= 0.3 is 0 Å². The average Bonchev–Trinajstić information content (AvgIpc) is 2.08. The van der Waals surface area contributed by atoms with Crippen LogP contribution >= 0.6 is 11.8 Å². The van der Waals surface area contributed by atoms with Crippen molar-refractivity contribution in [2.24, 2.45) is 0 Å². The van der Waals surface area contributed by atoms with Gasteiger partial charge in [0.2, 0.25) is 0 Å². The molecule has 0 radical (unpaired) electrons. The standard InChI is InChI=1S/C10H16N2S/c1-4-13-9-7-5-6-8(10(9)11)12(2)3/h5-7H,4,11H2,1-3H3. The number of benzene rings is 1. The Kier molecular flexibility index (Phi) is 3.48. The van der Waals surface area contributed by atoms with E-state index in [1.165, 1.54) is 4.90 Å². The fourth-order valence-electron chi connectivity index (χ4n) is 1.20. The molecule has 0 bridgehead atoms. The number of thioether (sulfide) groups is 1. The van der Waals surface area contributed by atoms with Crippen LogP contribution in [0.15, 0.2) is 23.1 Å². The molecule has 0 amide bonds. The van der Waals surface area contributed by atoms with Crippen molar-refractivity contribution in [1.29, 1.82) is 0 Å². The summed E-state index contributed by atoms with van der Waals surface area (Å²) in [5.74, 6) is 1.06. The van der Waals surface area contributed by atoms with Gasteiger partial charge in [-0.05, 0) is 17.9 Å². The molecule has 0 saturated heterocycles. The van der Waals surface area contributed by atoms with E-state index >= 15 is 0 Å². The first-order valence-corrected chi connectivity index (χ1v) is 5.34. The molecule has 2 N–H and O–H groups in total.